The zero-order valence-electron chi connectivity index (χ0n) is 15.3. The van der Waals surface area contributed by atoms with E-state index >= 15 is 0 Å². The summed E-state index contributed by atoms with van der Waals surface area (Å²) in [7, 11) is 0. The molecule has 0 spiro atoms. The highest BCUT2D eigenvalue weighted by Gasteiger charge is 2.18. The van der Waals surface area contributed by atoms with Crippen molar-refractivity contribution in [3.63, 3.8) is 0 Å². The van der Waals surface area contributed by atoms with Crippen LogP contribution in [0.5, 0.6) is 0 Å². The molecule has 25 heavy (non-hydrogen) atoms. The molecule has 0 N–H and O–H groups in total. The van der Waals surface area contributed by atoms with E-state index < -0.39 is 0 Å². The molecule has 0 aliphatic carbocycles. The predicted octanol–water partition coefficient (Wildman–Crippen LogP) is 3.35. The number of pyridine rings is 1. The molecule has 6 heteroatoms. The van der Waals surface area contributed by atoms with Crippen LogP contribution in [0.1, 0.15) is 47.0 Å². The lowest BCUT2D eigenvalue weighted by atomic mass is 10.0. The lowest BCUT2D eigenvalue weighted by Crippen LogP contribution is -2.03. The van der Waals surface area contributed by atoms with Gasteiger partial charge in [-0.3, -0.25) is 4.98 Å². The first-order valence-electron chi connectivity index (χ1n) is 8.57. The molecule has 0 fully saturated rings. The fourth-order valence-electron chi connectivity index (χ4n) is 3.35. The normalized spacial score (nSPS) is 13.0. The van der Waals surface area contributed by atoms with Crippen molar-refractivity contribution >= 4 is 11.3 Å². The lowest BCUT2D eigenvalue weighted by molar-refractivity contribution is 0.691. The Kier molecular flexibility index (Phi) is 3.56. The van der Waals surface area contributed by atoms with Gasteiger partial charge >= 0.3 is 0 Å². The molecule has 6 nitrogen and oxygen atoms in total. The Bertz CT molecular complexity index is 1050. The van der Waals surface area contributed by atoms with Gasteiger partial charge in [0.2, 0.25) is 0 Å². The number of nitrogens with zero attached hydrogens (tertiary/aromatic N) is 6. The van der Waals surface area contributed by atoms with Gasteiger partial charge in [0, 0.05) is 30.4 Å². The highest BCUT2D eigenvalue weighted by Crippen LogP contribution is 2.24. The molecule has 0 aromatic carbocycles. The smallest absolute Gasteiger partial charge is 0.177 e. The molecule has 0 aliphatic heterocycles. The summed E-state index contributed by atoms with van der Waals surface area (Å²) in [4.78, 5) is 13.9. The van der Waals surface area contributed by atoms with Crippen molar-refractivity contribution in [2.75, 3.05) is 0 Å². The van der Waals surface area contributed by atoms with E-state index in [1.165, 1.54) is 11.3 Å². The first-order chi connectivity index (χ1) is 11.9. The number of hydrogen-bond donors (Lipinski definition) is 0. The predicted molar refractivity (Wildman–Crippen MR) is 97.0 cm³/mol. The van der Waals surface area contributed by atoms with Crippen LogP contribution in [0.2, 0.25) is 0 Å². The van der Waals surface area contributed by atoms with Crippen LogP contribution < -0.4 is 0 Å². The summed E-state index contributed by atoms with van der Waals surface area (Å²) >= 11 is 0. The van der Waals surface area contributed by atoms with E-state index in [-0.39, 0.29) is 5.92 Å². The molecule has 4 rings (SSSR count). The van der Waals surface area contributed by atoms with Crippen LogP contribution in [0, 0.1) is 27.7 Å². The molecule has 4 aromatic rings. The number of aryl methyl sites for hydroxylation is 4. The van der Waals surface area contributed by atoms with Gasteiger partial charge < -0.3 is 4.40 Å². The van der Waals surface area contributed by atoms with Crippen LogP contribution >= 0.6 is 0 Å². The van der Waals surface area contributed by atoms with Crippen molar-refractivity contribution < 1.29 is 0 Å². The maximum absolute atomic E-state index is 4.85. The molecule has 0 amide bonds. The monoisotopic (exact) mass is 334 g/mol. The second kappa shape index (κ2) is 5.65. The zero-order valence-corrected chi connectivity index (χ0v) is 15.3. The molecular weight excluding hydrogens is 312 g/mol. The summed E-state index contributed by atoms with van der Waals surface area (Å²) in [5, 5.41) is 4.67. The summed E-state index contributed by atoms with van der Waals surface area (Å²) in [5.41, 5.74) is 7.24. The van der Waals surface area contributed by atoms with E-state index in [4.69, 9.17) is 9.97 Å². The van der Waals surface area contributed by atoms with Gasteiger partial charge in [-0.1, -0.05) is 6.92 Å². The van der Waals surface area contributed by atoms with E-state index in [1.807, 2.05) is 24.6 Å². The molecule has 1 unspecified atom stereocenters. The van der Waals surface area contributed by atoms with Gasteiger partial charge in [0.15, 0.2) is 11.5 Å². The molecule has 1 atom stereocenters. The van der Waals surface area contributed by atoms with Crippen molar-refractivity contribution in [3.05, 3.63) is 58.7 Å². The quantitative estimate of drug-likeness (QED) is 0.576. The minimum Gasteiger partial charge on any atom is -0.304 e. The molecule has 0 bridgehead atoms. The van der Waals surface area contributed by atoms with Crippen LogP contribution in [0.3, 0.4) is 0 Å². The number of fused-ring (bicyclic) bond motifs is 2. The number of hydrogen-bond acceptors (Lipinski definition) is 4. The molecule has 0 saturated carbocycles. The molecule has 4 aromatic heterocycles. The van der Waals surface area contributed by atoms with Crippen molar-refractivity contribution in [3.8, 4) is 0 Å². The summed E-state index contributed by atoms with van der Waals surface area (Å²) in [6, 6.07) is 4.23. The van der Waals surface area contributed by atoms with Crippen LogP contribution in [0.25, 0.3) is 11.3 Å². The van der Waals surface area contributed by atoms with Crippen LogP contribution in [0.15, 0.2) is 24.5 Å². The Balaban J connectivity index is 1.70. The van der Waals surface area contributed by atoms with Gasteiger partial charge in [0.25, 0.3) is 0 Å². The van der Waals surface area contributed by atoms with E-state index in [9.17, 15) is 0 Å². The summed E-state index contributed by atoms with van der Waals surface area (Å²) in [5.74, 6) is 1.07. The Morgan fingerprint density at radius 3 is 2.68 bits per heavy atom. The summed E-state index contributed by atoms with van der Waals surface area (Å²) in [6.07, 6.45) is 4.67. The number of imidazole rings is 1. The number of rotatable bonds is 3. The maximum Gasteiger partial charge on any atom is 0.177 e. The van der Waals surface area contributed by atoms with Crippen molar-refractivity contribution in [1.29, 1.82) is 0 Å². The third-order valence-electron chi connectivity index (χ3n) is 4.77. The Morgan fingerprint density at radius 2 is 1.92 bits per heavy atom. The average molecular weight is 334 g/mol. The fraction of sp³-hybridized carbons (Fsp3) is 0.368. The van der Waals surface area contributed by atoms with Gasteiger partial charge in [0.1, 0.15) is 5.65 Å². The lowest BCUT2D eigenvalue weighted by Gasteiger charge is -2.07. The standard InChI is InChI=1S/C19H22N6/c1-11-6-7-24-15(5)18(22-17(24)8-11)12(2)9-16-21-19-14(4)20-10-13(3)25(19)23-16/h6-8,10,12H,9H2,1-5H3. The van der Waals surface area contributed by atoms with Gasteiger partial charge in [-0.05, 0) is 45.4 Å². The van der Waals surface area contributed by atoms with E-state index in [1.54, 1.807) is 0 Å². The average Bonchev–Trinajstić information content (AvgIpc) is 3.13. The minimum atomic E-state index is 0.242. The second-order valence-corrected chi connectivity index (χ2v) is 6.87. The highest BCUT2D eigenvalue weighted by molar-refractivity contribution is 5.46. The van der Waals surface area contributed by atoms with Gasteiger partial charge in [-0.15, -0.1) is 0 Å². The van der Waals surface area contributed by atoms with Crippen LogP contribution in [-0.4, -0.2) is 29.0 Å². The van der Waals surface area contributed by atoms with Crippen LogP contribution in [0.4, 0.5) is 0 Å². The second-order valence-electron chi connectivity index (χ2n) is 6.87. The van der Waals surface area contributed by atoms with Gasteiger partial charge in [-0.2, -0.15) is 5.10 Å². The van der Waals surface area contributed by atoms with Crippen LogP contribution in [-0.2, 0) is 6.42 Å². The van der Waals surface area contributed by atoms with Crippen molar-refractivity contribution in [1.82, 2.24) is 29.0 Å². The maximum atomic E-state index is 4.85. The van der Waals surface area contributed by atoms with E-state index in [2.05, 4.69) is 53.6 Å². The van der Waals surface area contributed by atoms with E-state index in [0.717, 1.165) is 40.6 Å². The van der Waals surface area contributed by atoms with Crippen molar-refractivity contribution in [2.24, 2.45) is 0 Å². The summed E-state index contributed by atoms with van der Waals surface area (Å²) < 4.78 is 4.03. The Labute approximate surface area is 146 Å². The first kappa shape index (κ1) is 15.7. The highest BCUT2D eigenvalue weighted by atomic mass is 15.3. The molecule has 4 heterocycles. The summed E-state index contributed by atoms with van der Waals surface area (Å²) in [6.45, 7) is 10.4. The molecule has 128 valence electrons. The topological polar surface area (TPSA) is 60.4 Å². The van der Waals surface area contributed by atoms with Gasteiger partial charge in [-0.25, -0.2) is 14.5 Å². The minimum absolute atomic E-state index is 0.242. The first-order valence-corrected chi connectivity index (χ1v) is 8.57. The zero-order chi connectivity index (χ0) is 17.7. The number of aromatic nitrogens is 6. The van der Waals surface area contributed by atoms with Gasteiger partial charge in [0.05, 0.1) is 17.1 Å². The third kappa shape index (κ3) is 2.58. The Hall–Kier alpha value is -2.76. The molecule has 0 radical (unpaired) electrons. The fourth-order valence-corrected chi connectivity index (χ4v) is 3.35. The largest absolute Gasteiger partial charge is 0.304 e. The third-order valence-corrected chi connectivity index (χ3v) is 4.77. The van der Waals surface area contributed by atoms with E-state index in [0.29, 0.717) is 0 Å². The van der Waals surface area contributed by atoms with Crippen molar-refractivity contribution in [2.45, 2.75) is 47.0 Å². The Morgan fingerprint density at radius 1 is 1.12 bits per heavy atom. The molecular formula is C19H22N6. The SMILES string of the molecule is Cc1ccn2c(C)c(C(C)Cc3nc4c(C)ncc(C)n4n3)nc2c1. The molecule has 0 saturated heterocycles. The molecule has 0 aliphatic rings.